The number of aryl methyl sites for hydroxylation is 1. The van der Waals surface area contributed by atoms with Gasteiger partial charge in [0.25, 0.3) is 10.0 Å². The number of nitrogens with zero attached hydrogens (tertiary/aromatic N) is 2. The van der Waals surface area contributed by atoms with Crippen LogP contribution in [-0.4, -0.2) is 44.8 Å². The molecule has 0 fully saturated rings. The molecule has 0 saturated heterocycles. The van der Waals surface area contributed by atoms with Gasteiger partial charge in [-0.3, -0.25) is 4.79 Å². The normalized spacial score (nSPS) is 11.5. The maximum Gasteiger partial charge on any atom is 0.252 e. The van der Waals surface area contributed by atoms with Crippen LogP contribution in [0.2, 0.25) is 4.47 Å². The van der Waals surface area contributed by atoms with Crippen LogP contribution < -0.4 is 4.72 Å². The predicted octanol–water partition coefficient (Wildman–Crippen LogP) is 0.471. The van der Waals surface area contributed by atoms with Gasteiger partial charge in [0.05, 0.1) is 12.2 Å². The number of carbonyl (C=O) groups excluding carboxylic acids is 1. The van der Waals surface area contributed by atoms with E-state index in [0.717, 1.165) is 11.3 Å². The zero-order chi connectivity index (χ0) is 13.2. The fraction of sp³-hybridized carbons (Fsp3) is 0.500. The summed E-state index contributed by atoms with van der Waals surface area (Å²) in [6.45, 7) is 1.26. The molecule has 0 radical (unpaired) electrons. The highest BCUT2D eigenvalue weighted by Gasteiger charge is 2.22. The van der Waals surface area contributed by atoms with Gasteiger partial charge in [-0.1, -0.05) is 22.9 Å². The Hall–Kier alpha value is -0.700. The van der Waals surface area contributed by atoms with Crippen LogP contribution in [0.4, 0.5) is 0 Å². The number of rotatable bonds is 4. The molecule has 0 atom stereocenters. The number of amides is 1. The molecule has 1 N–H and O–H groups in total. The van der Waals surface area contributed by atoms with Gasteiger partial charge in [0.15, 0.2) is 8.68 Å². The van der Waals surface area contributed by atoms with Crippen molar-refractivity contribution in [2.24, 2.45) is 0 Å². The fourth-order valence-corrected chi connectivity index (χ4v) is 3.74. The minimum Gasteiger partial charge on any atom is -0.348 e. The third-order valence-corrected chi connectivity index (χ3v) is 5.16. The standard InChI is InChI=1S/C8H12ClN3O3S2/c1-5-7(16-8(9)11-5)17(14,15)10-4-6(13)12(2)3/h10H,4H2,1-3H3. The van der Waals surface area contributed by atoms with Crippen molar-refractivity contribution in [1.82, 2.24) is 14.6 Å². The van der Waals surface area contributed by atoms with E-state index in [1.54, 1.807) is 21.0 Å². The van der Waals surface area contributed by atoms with E-state index in [9.17, 15) is 13.2 Å². The Labute approximate surface area is 109 Å². The van der Waals surface area contributed by atoms with Crippen molar-refractivity contribution >= 4 is 38.9 Å². The molecule has 0 aliphatic carbocycles. The van der Waals surface area contributed by atoms with Gasteiger partial charge in [0.1, 0.15) is 0 Å². The quantitative estimate of drug-likeness (QED) is 0.876. The molecule has 1 amide bonds. The minimum atomic E-state index is -3.72. The molecular formula is C8H12ClN3O3S2. The summed E-state index contributed by atoms with van der Waals surface area (Å²) in [5, 5.41) is 0. The highest BCUT2D eigenvalue weighted by Crippen LogP contribution is 2.26. The van der Waals surface area contributed by atoms with Crippen molar-refractivity contribution in [3.05, 3.63) is 10.2 Å². The van der Waals surface area contributed by atoms with E-state index < -0.39 is 10.0 Å². The van der Waals surface area contributed by atoms with E-state index in [1.165, 1.54) is 4.90 Å². The highest BCUT2D eigenvalue weighted by molar-refractivity contribution is 7.91. The SMILES string of the molecule is Cc1nc(Cl)sc1S(=O)(=O)NCC(=O)N(C)C. The van der Waals surface area contributed by atoms with Crippen molar-refractivity contribution in [2.75, 3.05) is 20.6 Å². The van der Waals surface area contributed by atoms with Gasteiger partial charge in [-0.25, -0.2) is 18.1 Å². The average molecular weight is 298 g/mol. The molecule has 1 aromatic heterocycles. The summed E-state index contributed by atoms with van der Waals surface area (Å²) in [5.74, 6) is -0.332. The van der Waals surface area contributed by atoms with Crippen LogP contribution >= 0.6 is 22.9 Å². The highest BCUT2D eigenvalue weighted by atomic mass is 35.5. The molecule has 0 aliphatic heterocycles. The molecule has 0 saturated carbocycles. The fourth-order valence-electron chi connectivity index (χ4n) is 0.980. The largest absolute Gasteiger partial charge is 0.348 e. The minimum absolute atomic E-state index is 0.0362. The molecule has 17 heavy (non-hydrogen) atoms. The number of likely N-dealkylation sites (N-methyl/N-ethyl adjacent to an activating group) is 1. The molecule has 6 nitrogen and oxygen atoms in total. The van der Waals surface area contributed by atoms with Gasteiger partial charge < -0.3 is 4.90 Å². The zero-order valence-corrected chi connectivity index (χ0v) is 11.9. The van der Waals surface area contributed by atoms with Crippen LogP contribution in [0.15, 0.2) is 4.21 Å². The molecule has 0 aromatic carbocycles. The Kier molecular flexibility index (Phi) is 4.48. The molecule has 0 unspecified atom stereocenters. The Balaban J connectivity index is 2.83. The van der Waals surface area contributed by atoms with E-state index >= 15 is 0 Å². The Morgan fingerprint density at radius 3 is 2.53 bits per heavy atom. The van der Waals surface area contributed by atoms with Crippen molar-refractivity contribution in [2.45, 2.75) is 11.1 Å². The predicted molar refractivity (Wildman–Crippen MR) is 65.7 cm³/mol. The summed E-state index contributed by atoms with van der Waals surface area (Å²) >= 11 is 6.49. The first-order chi connectivity index (χ1) is 7.74. The van der Waals surface area contributed by atoms with Crippen LogP contribution in [0.25, 0.3) is 0 Å². The van der Waals surface area contributed by atoms with E-state index in [2.05, 4.69) is 9.71 Å². The molecule has 0 aliphatic rings. The number of hydrogen-bond donors (Lipinski definition) is 1. The number of halogens is 1. The first-order valence-corrected chi connectivity index (χ1v) is 7.24. The summed E-state index contributed by atoms with van der Waals surface area (Å²) < 4.78 is 26.0. The van der Waals surface area contributed by atoms with Gasteiger partial charge in [-0.05, 0) is 6.92 Å². The first kappa shape index (κ1) is 14.4. The van der Waals surface area contributed by atoms with Gasteiger partial charge >= 0.3 is 0 Å². The molecule has 0 spiro atoms. The Morgan fingerprint density at radius 1 is 1.53 bits per heavy atom. The topological polar surface area (TPSA) is 79.4 Å². The molecule has 9 heteroatoms. The maximum absolute atomic E-state index is 11.8. The molecule has 1 aromatic rings. The van der Waals surface area contributed by atoms with Gasteiger partial charge in [-0.15, -0.1) is 0 Å². The molecule has 0 bridgehead atoms. The molecule has 96 valence electrons. The number of aromatic nitrogens is 1. The number of sulfonamides is 1. The summed E-state index contributed by atoms with van der Waals surface area (Å²) in [4.78, 5) is 16.4. The van der Waals surface area contributed by atoms with Crippen molar-refractivity contribution < 1.29 is 13.2 Å². The smallest absolute Gasteiger partial charge is 0.252 e. The van der Waals surface area contributed by atoms with Crippen LogP contribution in [0.3, 0.4) is 0 Å². The number of thiazole rings is 1. The summed E-state index contributed by atoms with van der Waals surface area (Å²) in [5.41, 5.74) is 0.324. The lowest BCUT2D eigenvalue weighted by Gasteiger charge is -2.10. The summed E-state index contributed by atoms with van der Waals surface area (Å²) in [6.07, 6.45) is 0. The average Bonchev–Trinajstić information content (AvgIpc) is 2.55. The van der Waals surface area contributed by atoms with Crippen LogP contribution in [-0.2, 0) is 14.8 Å². The molecule has 1 heterocycles. The van der Waals surface area contributed by atoms with Crippen LogP contribution in [0.5, 0.6) is 0 Å². The second-order valence-electron chi connectivity index (χ2n) is 3.45. The number of hydrogen-bond acceptors (Lipinski definition) is 5. The zero-order valence-electron chi connectivity index (χ0n) is 9.52. The summed E-state index contributed by atoms with van der Waals surface area (Å²) in [7, 11) is -0.630. The maximum atomic E-state index is 11.8. The third kappa shape index (κ3) is 3.63. The summed E-state index contributed by atoms with van der Waals surface area (Å²) in [6, 6.07) is 0. The molecule has 1 rings (SSSR count). The number of carbonyl (C=O) groups is 1. The lowest BCUT2D eigenvalue weighted by molar-refractivity contribution is -0.127. The van der Waals surface area contributed by atoms with E-state index in [0.29, 0.717) is 5.69 Å². The lowest BCUT2D eigenvalue weighted by atomic mass is 10.6. The van der Waals surface area contributed by atoms with E-state index in [1.807, 2.05) is 0 Å². The second kappa shape index (κ2) is 5.30. The molecular weight excluding hydrogens is 286 g/mol. The van der Waals surface area contributed by atoms with E-state index in [-0.39, 0.29) is 21.1 Å². The van der Waals surface area contributed by atoms with Crippen LogP contribution in [0, 0.1) is 6.92 Å². The van der Waals surface area contributed by atoms with Crippen molar-refractivity contribution in [3.63, 3.8) is 0 Å². The van der Waals surface area contributed by atoms with Gasteiger partial charge in [0, 0.05) is 14.1 Å². The van der Waals surface area contributed by atoms with Crippen LogP contribution in [0.1, 0.15) is 5.69 Å². The van der Waals surface area contributed by atoms with E-state index in [4.69, 9.17) is 11.6 Å². The van der Waals surface area contributed by atoms with Crippen molar-refractivity contribution in [3.8, 4) is 0 Å². The van der Waals surface area contributed by atoms with Gasteiger partial charge in [-0.2, -0.15) is 0 Å². The lowest BCUT2D eigenvalue weighted by Crippen LogP contribution is -2.36. The monoisotopic (exact) mass is 297 g/mol. The van der Waals surface area contributed by atoms with Crippen molar-refractivity contribution in [1.29, 1.82) is 0 Å². The third-order valence-electron chi connectivity index (χ3n) is 1.88. The second-order valence-corrected chi connectivity index (χ2v) is 7.00. The first-order valence-electron chi connectivity index (χ1n) is 4.57. The Bertz CT molecular complexity index is 524. The van der Waals surface area contributed by atoms with Gasteiger partial charge in [0.2, 0.25) is 5.91 Å². The number of nitrogens with one attached hydrogen (secondary N) is 1. The Morgan fingerprint density at radius 2 is 2.12 bits per heavy atom.